The Labute approximate surface area is 120 Å². The lowest BCUT2D eigenvalue weighted by molar-refractivity contribution is 0.351. The van der Waals surface area contributed by atoms with Crippen LogP contribution >= 0.6 is 15.9 Å². The van der Waals surface area contributed by atoms with Crippen LogP contribution in [0, 0.1) is 11.6 Å². The van der Waals surface area contributed by atoms with Gasteiger partial charge in [-0.15, -0.1) is 4.98 Å². The Morgan fingerprint density at radius 1 is 1.20 bits per heavy atom. The van der Waals surface area contributed by atoms with Crippen molar-refractivity contribution in [2.75, 3.05) is 12.5 Å². The first kappa shape index (κ1) is 14.3. The van der Waals surface area contributed by atoms with E-state index in [1.807, 2.05) is 0 Å². The molecule has 0 aliphatic heterocycles. The molecule has 0 unspecified atom stereocenters. The number of anilines is 1. The number of nitrogens with one attached hydrogen (secondary N) is 1. The van der Waals surface area contributed by atoms with Crippen molar-refractivity contribution in [1.29, 1.82) is 0 Å². The van der Waals surface area contributed by atoms with Crippen molar-refractivity contribution >= 4 is 21.9 Å². The van der Waals surface area contributed by atoms with Gasteiger partial charge in [-0.1, -0.05) is 15.9 Å². The van der Waals surface area contributed by atoms with Gasteiger partial charge in [-0.05, 0) is 12.1 Å². The molecule has 106 valence electrons. The minimum Gasteiger partial charge on any atom is -0.467 e. The molecule has 7 nitrogen and oxygen atoms in total. The zero-order valence-corrected chi connectivity index (χ0v) is 11.6. The van der Waals surface area contributed by atoms with Gasteiger partial charge in [0, 0.05) is 4.47 Å². The van der Waals surface area contributed by atoms with Crippen molar-refractivity contribution in [2.45, 2.75) is 0 Å². The maximum absolute atomic E-state index is 13.6. The van der Waals surface area contributed by atoms with Gasteiger partial charge in [0.25, 0.3) is 0 Å². The van der Waals surface area contributed by atoms with Crippen LogP contribution in [0.3, 0.4) is 0 Å². The van der Waals surface area contributed by atoms with Gasteiger partial charge in [0.2, 0.25) is 11.8 Å². The standard InChI is InChI=1S/C10H8BrF2N5O2/c1-19-9-15-8(18-14)16-10(17-9)20-6-3-4(11)2-5(12)7(6)13/h2-3H,14H2,1H3,(H,15,16,17,18). The summed E-state index contributed by atoms with van der Waals surface area (Å²) in [7, 11) is 1.32. The highest BCUT2D eigenvalue weighted by Crippen LogP contribution is 2.28. The molecule has 0 aliphatic carbocycles. The van der Waals surface area contributed by atoms with Crippen molar-refractivity contribution in [3.63, 3.8) is 0 Å². The normalized spacial score (nSPS) is 10.2. The maximum Gasteiger partial charge on any atom is 0.330 e. The van der Waals surface area contributed by atoms with E-state index < -0.39 is 17.4 Å². The number of hydrogen-bond acceptors (Lipinski definition) is 7. The SMILES string of the molecule is COc1nc(NN)nc(Oc2cc(Br)cc(F)c2F)n1. The van der Waals surface area contributed by atoms with E-state index in [1.54, 1.807) is 0 Å². The third kappa shape index (κ3) is 3.08. The lowest BCUT2D eigenvalue weighted by atomic mass is 10.3. The zero-order valence-electron chi connectivity index (χ0n) is 10.0. The molecule has 0 spiro atoms. The summed E-state index contributed by atoms with van der Waals surface area (Å²) >= 11 is 3.02. The highest BCUT2D eigenvalue weighted by molar-refractivity contribution is 9.10. The largest absolute Gasteiger partial charge is 0.467 e. The number of hydrazine groups is 1. The number of nitrogens with zero attached hydrogens (tertiary/aromatic N) is 3. The van der Waals surface area contributed by atoms with Crippen molar-refractivity contribution in [2.24, 2.45) is 5.84 Å². The third-order valence-corrected chi connectivity index (χ3v) is 2.52. The molecule has 0 amide bonds. The highest BCUT2D eigenvalue weighted by atomic mass is 79.9. The Kier molecular flexibility index (Phi) is 4.25. The van der Waals surface area contributed by atoms with Crippen LogP contribution in [0.5, 0.6) is 17.8 Å². The van der Waals surface area contributed by atoms with Gasteiger partial charge in [0.1, 0.15) is 0 Å². The lowest BCUT2D eigenvalue weighted by Crippen LogP contribution is -2.12. The van der Waals surface area contributed by atoms with Gasteiger partial charge >= 0.3 is 12.0 Å². The number of rotatable bonds is 4. The number of nitrogens with two attached hydrogens (primary N) is 1. The summed E-state index contributed by atoms with van der Waals surface area (Å²) in [5, 5.41) is 0. The van der Waals surface area contributed by atoms with Crippen molar-refractivity contribution in [3.8, 4) is 17.8 Å². The summed E-state index contributed by atoms with van der Waals surface area (Å²) in [6.45, 7) is 0. The van der Waals surface area contributed by atoms with Crippen LogP contribution in [0.15, 0.2) is 16.6 Å². The van der Waals surface area contributed by atoms with Gasteiger partial charge < -0.3 is 9.47 Å². The van der Waals surface area contributed by atoms with Crippen LogP contribution in [0.25, 0.3) is 0 Å². The molecule has 1 heterocycles. The Bertz CT molecular complexity index is 621. The van der Waals surface area contributed by atoms with Crippen LogP contribution in [0.1, 0.15) is 0 Å². The number of nitrogen functional groups attached to an aromatic ring is 1. The Morgan fingerprint density at radius 2 is 1.90 bits per heavy atom. The van der Waals surface area contributed by atoms with Gasteiger partial charge in [-0.3, -0.25) is 5.43 Å². The van der Waals surface area contributed by atoms with Crippen molar-refractivity contribution in [1.82, 2.24) is 15.0 Å². The predicted molar refractivity (Wildman–Crippen MR) is 68.3 cm³/mol. The Hall–Kier alpha value is -2.07. The summed E-state index contributed by atoms with van der Waals surface area (Å²) in [5.41, 5.74) is 2.17. The monoisotopic (exact) mass is 347 g/mol. The van der Waals surface area contributed by atoms with E-state index in [9.17, 15) is 8.78 Å². The Morgan fingerprint density at radius 3 is 2.55 bits per heavy atom. The van der Waals surface area contributed by atoms with E-state index in [4.69, 9.17) is 15.3 Å². The molecule has 0 aliphatic rings. The second-order valence-electron chi connectivity index (χ2n) is 3.37. The molecule has 2 rings (SSSR count). The summed E-state index contributed by atoms with van der Waals surface area (Å²) in [6.07, 6.45) is 0. The van der Waals surface area contributed by atoms with E-state index in [-0.39, 0.29) is 18.0 Å². The van der Waals surface area contributed by atoms with E-state index in [1.165, 1.54) is 13.2 Å². The fraction of sp³-hybridized carbons (Fsp3) is 0.100. The molecule has 0 bridgehead atoms. The molecule has 10 heteroatoms. The topological polar surface area (TPSA) is 95.2 Å². The molecule has 0 saturated heterocycles. The second kappa shape index (κ2) is 5.92. The number of methoxy groups -OCH3 is 1. The predicted octanol–water partition coefficient (Wildman–Crippen LogP) is 2.00. The zero-order chi connectivity index (χ0) is 14.7. The molecule has 0 saturated carbocycles. The van der Waals surface area contributed by atoms with Crippen LogP contribution in [-0.2, 0) is 0 Å². The Balaban J connectivity index is 2.39. The van der Waals surface area contributed by atoms with E-state index in [0.717, 1.165) is 6.07 Å². The molecule has 1 aromatic heterocycles. The molecule has 20 heavy (non-hydrogen) atoms. The number of hydrogen-bond donors (Lipinski definition) is 2. The summed E-state index contributed by atoms with van der Waals surface area (Å²) in [5.74, 6) is 2.46. The average Bonchev–Trinajstić information content (AvgIpc) is 2.43. The average molecular weight is 348 g/mol. The highest BCUT2D eigenvalue weighted by Gasteiger charge is 2.15. The first-order valence-electron chi connectivity index (χ1n) is 5.12. The number of ether oxygens (including phenoxy) is 2. The van der Waals surface area contributed by atoms with Crippen molar-refractivity contribution in [3.05, 3.63) is 28.2 Å². The van der Waals surface area contributed by atoms with Gasteiger partial charge in [-0.25, -0.2) is 10.2 Å². The van der Waals surface area contributed by atoms with Gasteiger partial charge in [0.05, 0.1) is 7.11 Å². The number of halogens is 3. The number of aromatic nitrogens is 3. The van der Waals surface area contributed by atoms with Crippen LogP contribution in [-0.4, -0.2) is 22.1 Å². The molecule has 2 aromatic rings. The molecule has 0 radical (unpaired) electrons. The van der Waals surface area contributed by atoms with Gasteiger partial charge in [-0.2, -0.15) is 14.4 Å². The first-order chi connectivity index (χ1) is 9.53. The van der Waals surface area contributed by atoms with Crippen molar-refractivity contribution < 1.29 is 18.3 Å². The molecule has 0 fully saturated rings. The quantitative estimate of drug-likeness (QED) is 0.496. The lowest BCUT2D eigenvalue weighted by Gasteiger charge is -2.08. The molecular formula is C10H8BrF2N5O2. The molecule has 1 aromatic carbocycles. The fourth-order valence-corrected chi connectivity index (χ4v) is 1.65. The minimum atomic E-state index is -1.17. The van der Waals surface area contributed by atoms with Gasteiger partial charge in [0.15, 0.2) is 11.6 Å². The summed E-state index contributed by atoms with van der Waals surface area (Å²) < 4.78 is 37.0. The molecule has 3 N–H and O–H groups in total. The maximum atomic E-state index is 13.6. The fourth-order valence-electron chi connectivity index (χ4n) is 1.24. The smallest absolute Gasteiger partial charge is 0.330 e. The van der Waals surface area contributed by atoms with Crippen LogP contribution in [0.2, 0.25) is 0 Å². The van der Waals surface area contributed by atoms with E-state index >= 15 is 0 Å². The van der Waals surface area contributed by atoms with Crippen LogP contribution in [0.4, 0.5) is 14.7 Å². The first-order valence-corrected chi connectivity index (χ1v) is 5.92. The van der Waals surface area contributed by atoms with E-state index in [2.05, 4.69) is 36.3 Å². The second-order valence-corrected chi connectivity index (χ2v) is 4.29. The molecular weight excluding hydrogens is 340 g/mol. The third-order valence-electron chi connectivity index (χ3n) is 2.07. The summed E-state index contributed by atoms with van der Waals surface area (Å²) in [6, 6.07) is 1.79. The molecule has 0 atom stereocenters. The van der Waals surface area contributed by atoms with E-state index in [0.29, 0.717) is 4.47 Å². The van der Waals surface area contributed by atoms with Crippen LogP contribution < -0.4 is 20.7 Å². The minimum absolute atomic E-state index is 0.0530. The summed E-state index contributed by atoms with van der Waals surface area (Å²) in [4.78, 5) is 11.2. The number of benzene rings is 1.